The second-order valence-electron chi connectivity index (χ2n) is 5.40. The van der Waals surface area contributed by atoms with E-state index in [0.29, 0.717) is 12.2 Å². The van der Waals surface area contributed by atoms with E-state index in [0.717, 1.165) is 18.7 Å². The number of nitrogens with one attached hydrogen (secondary N) is 1. The third-order valence-corrected chi connectivity index (χ3v) is 3.65. The topological polar surface area (TPSA) is 52.2 Å². The van der Waals surface area contributed by atoms with E-state index in [1.54, 1.807) is 11.1 Å². The molecule has 3 rings (SSSR count). The first-order valence-electron chi connectivity index (χ1n) is 6.66. The molecule has 0 atom stereocenters. The van der Waals surface area contributed by atoms with Crippen LogP contribution in [0.4, 0.5) is 0 Å². The summed E-state index contributed by atoms with van der Waals surface area (Å²) in [5.74, 6) is -0.0416. The normalized spacial score (nSPS) is 14.3. The fourth-order valence-electron chi connectivity index (χ4n) is 2.64. The summed E-state index contributed by atoms with van der Waals surface area (Å²) in [7, 11) is 3.93. The first-order valence-corrected chi connectivity index (χ1v) is 6.66. The second-order valence-corrected chi connectivity index (χ2v) is 5.40. The number of benzene rings is 1. The van der Waals surface area contributed by atoms with Gasteiger partial charge in [0.2, 0.25) is 0 Å². The highest BCUT2D eigenvalue weighted by atomic mass is 16.2. The van der Waals surface area contributed by atoms with Crippen molar-refractivity contribution in [1.82, 2.24) is 19.8 Å². The zero-order valence-corrected chi connectivity index (χ0v) is 11.8. The minimum absolute atomic E-state index is 0.0416. The minimum atomic E-state index is -0.0416. The molecule has 20 heavy (non-hydrogen) atoms. The molecule has 0 saturated carbocycles. The molecule has 0 spiro atoms. The lowest BCUT2D eigenvalue weighted by Crippen LogP contribution is -2.26. The van der Waals surface area contributed by atoms with Crippen molar-refractivity contribution in [2.45, 2.75) is 19.6 Å². The van der Waals surface area contributed by atoms with Gasteiger partial charge in [0, 0.05) is 26.7 Å². The van der Waals surface area contributed by atoms with Crippen molar-refractivity contribution in [2.75, 3.05) is 14.1 Å². The molecule has 5 heteroatoms. The van der Waals surface area contributed by atoms with Gasteiger partial charge in [0.15, 0.2) is 0 Å². The van der Waals surface area contributed by atoms with Gasteiger partial charge in [0.05, 0.1) is 12.5 Å². The number of rotatable bonds is 3. The standard InChI is InChI=1S/C15H18N4O/c1-18-8-12-4-3-11(5-13(12)9-18)7-19(2)15(20)14-6-16-10-17-14/h3-6,10H,7-9H2,1-2H3,(H,16,17). The van der Waals surface area contributed by atoms with Gasteiger partial charge in [-0.3, -0.25) is 9.69 Å². The van der Waals surface area contributed by atoms with Crippen LogP contribution in [0.5, 0.6) is 0 Å². The fraction of sp³-hybridized carbons (Fsp3) is 0.333. The Morgan fingerprint density at radius 3 is 2.95 bits per heavy atom. The van der Waals surface area contributed by atoms with Gasteiger partial charge >= 0.3 is 0 Å². The summed E-state index contributed by atoms with van der Waals surface area (Å²) in [5.41, 5.74) is 4.44. The molecule has 5 nitrogen and oxygen atoms in total. The molecular formula is C15H18N4O. The van der Waals surface area contributed by atoms with Crippen LogP contribution in [0.1, 0.15) is 27.2 Å². The molecule has 2 aromatic rings. The van der Waals surface area contributed by atoms with Gasteiger partial charge in [-0.2, -0.15) is 0 Å². The number of carbonyl (C=O) groups excluding carboxylic acids is 1. The maximum absolute atomic E-state index is 12.1. The second kappa shape index (κ2) is 5.09. The summed E-state index contributed by atoms with van der Waals surface area (Å²) in [5, 5.41) is 0. The molecule has 0 fully saturated rings. The quantitative estimate of drug-likeness (QED) is 0.922. The molecule has 1 aliphatic heterocycles. The number of imidazole rings is 1. The SMILES string of the molecule is CN1Cc2ccc(CN(C)C(=O)c3cnc[nH]3)cc2C1. The number of nitrogens with zero attached hydrogens (tertiary/aromatic N) is 3. The molecule has 1 N–H and O–H groups in total. The van der Waals surface area contributed by atoms with Crippen LogP contribution < -0.4 is 0 Å². The zero-order valence-electron chi connectivity index (χ0n) is 11.8. The van der Waals surface area contributed by atoms with E-state index in [1.165, 1.54) is 17.5 Å². The Bertz CT molecular complexity index is 621. The largest absolute Gasteiger partial charge is 0.341 e. The Hall–Kier alpha value is -2.14. The molecule has 1 aliphatic rings. The van der Waals surface area contributed by atoms with Gasteiger partial charge in [-0.1, -0.05) is 18.2 Å². The van der Waals surface area contributed by atoms with Crippen molar-refractivity contribution in [3.63, 3.8) is 0 Å². The summed E-state index contributed by atoms with van der Waals surface area (Å²) in [6.45, 7) is 2.61. The molecule has 0 aliphatic carbocycles. The zero-order chi connectivity index (χ0) is 14.1. The number of aromatic amines is 1. The number of aromatic nitrogens is 2. The van der Waals surface area contributed by atoms with Gasteiger partial charge in [-0.25, -0.2) is 4.98 Å². The van der Waals surface area contributed by atoms with Gasteiger partial charge in [-0.05, 0) is 23.7 Å². The number of amides is 1. The van der Waals surface area contributed by atoms with E-state index in [4.69, 9.17) is 0 Å². The highest BCUT2D eigenvalue weighted by Gasteiger charge is 2.17. The third kappa shape index (κ3) is 2.44. The molecule has 0 saturated heterocycles. The maximum Gasteiger partial charge on any atom is 0.271 e. The molecule has 1 aromatic carbocycles. The number of hydrogen-bond acceptors (Lipinski definition) is 3. The van der Waals surface area contributed by atoms with E-state index in [9.17, 15) is 4.79 Å². The highest BCUT2D eigenvalue weighted by Crippen LogP contribution is 2.23. The van der Waals surface area contributed by atoms with Crippen LogP contribution in [-0.2, 0) is 19.6 Å². The summed E-state index contributed by atoms with van der Waals surface area (Å²) in [6, 6.07) is 6.48. The Kier molecular flexibility index (Phi) is 3.28. The first-order chi connectivity index (χ1) is 9.63. The number of fused-ring (bicyclic) bond motifs is 1. The number of carbonyl (C=O) groups is 1. The average Bonchev–Trinajstić information content (AvgIpc) is 3.05. The summed E-state index contributed by atoms with van der Waals surface area (Å²) in [4.78, 5) is 22.9. The molecular weight excluding hydrogens is 252 g/mol. The van der Waals surface area contributed by atoms with E-state index in [1.807, 2.05) is 7.05 Å². The van der Waals surface area contributed by atoms with Crippen LogP contribution in [0, 0.1) is 0 Å². The molecule has 0 bridgehead atoms. The lowest BCUT2D eigenvalue weighted by atomic mass is 10.1. The summed E-state index contributed by atoms with van der Waals surface area (Å²) >= 11 is 0. The van der Waals surface area contributed by atoms with E-state index in [-0.39, 0.29) is 5.91 Å². The highest BCUT2D eigenvalue weighted by molar-refractivity contribution is 5.91. The summed E-state index contributed by atoms with van der Waals surface area (Å²) in [6.07, 6.45) is 3.07. The minimum Gasteiger partial charge on any atom is -0.341 e. The molecule has 104 valence electrons. The molecule has 2 heterocycles. The summed E-state index contributed by atoms with van der Waals surface area (Å²) < 4.78 is 0. The predicted octanol–water partition coefficient (Wildman–Crippen LogP) is 1.63. The van der Waals surface area contributed by atoms with Crippen molar-refractivity contribution in [3.8, 4) is 0 Å². The lowest BCUT2D eigenvalue weighted by Gasteiger charge is -2.16. The van der Waals surface area contributed by atoms with E-state index in [2.05, 4.69) is 40.1 Å². The van der Waals surface area contributed by atoms with Gasteiger partial charge in [-0.15, -0.1) is 0 Å². The first kappa shape index (κ1) is 12.9. The van der Waals surface area contributed by atoms with Crippen LogP contribution in [0.15, 0.2) is 30.7 Å². The average molecular weight is 270 g/mol. The van der Waals surface area contributed by atoms with Crippen LogP contribution in [-0.4, -0.2) is 39.8 Å². The molecule has 0 unspecified atom stereocenters. The van der Waals surface area contributed by atoms with E-state index >= 15 is 0 Å². The monoisotopic (exact) mass is 270 g/mol. The van der Waals surface area contributed by atoms with Gasteiger partial charge < -0.3 is 9.88 Å². The maximum atomic E-state index is 12.1. The molecule has 1 aromatic heterocycles. The number of hydrogen-bond donors (Lipinski definition) is 1. The molecule has 1 amide bonds. The Morgan fingerprint density at radius 2 is 2.20 bits per heavy atom. The van der Waals surface area contributed by atoms with Crippen LogP contribution in [0.25, 0.3) is 0 Å². The van der Waals surface area contributed by atoms with Crippen LogP contribution in [0.2, 0.25) is 0 Å². The van der Waals surface area contributed by atoms with Crippen molar-refractivity contribution in [3.05, 3.63) is 53.1 Å². The fourth-order valence-corrected chi connectivity index (χ4v) is 2.64. The van der Waals surface area contributed by atoms with E-state index < -0.39 is 0 Å². The van der Waals surface area contributed by atoms with Crippen LogP contribution >= 0.6 is 0 Å². The predicted molar refractivity (Wildman–Crippen MR) is 76.0 cm³/mol. The van der Waals surface area contributed by atoms with Crippen LogP contribution in [0.3, 0.4) is 0 Å². The van der Waals surface area contributed by atoms with Crippen molar-refractivity contribution < 1.29 is 4.79 Å². The Morgan fingerprint density at radius 1 is 1.40 bits per heavy atom. The van der Waals surface area contributed by atoms with Gasteiger partial charge in [0.25, 0.3) is 5.91 Å². The Balaban J connectivity index is 1.72. The van der Waals surface area contributed by atoms with Gasteiger partial charge in [0.1, 0.15) is 5.69 Å². The van der Waals surface area contributed by atoms with Crippen molar-refractivity contribution in [2.24, 2.45) is 0 Å². The van der Waals surface area contributed by atoms with Crippen molar-refractivity contribution >= 4 is 5.91 Å². The Labute approximate surface area is 118 Å². The molecule has 0 radical (unpaired) electrons. The smallest absolute Gasteiger partial charge is 0.271 e. The lowest BCUT2D eigenvalue weighted by molar-refractivity contribution is 0.0780. The van der Waals surface area contributed by atoms with Crippen molar-refractivity contribution in [1.29, 1.82) is 0 Å². The third-order valence-electron chi connectivity index (χ3n) is 3.65. The number of H-pyrrole nitrogens is 1.